The van der Waals surface area contributed by atoms with E-state index in [1.807, 2.05) is 0 Å². The highest BCUT2D eigenvalue weighted by Crippen LogP contribution is 2.18. The number of alkyl halides is 3. The first-order chi connectivity index (χ1) is 12.3. The average Bonchev–Trinajstić information content (AvgIpc) is 2.90. The number of carbonyl (C=O) groups excluding carboxylic acids is 1. The van der Waals surface area contributed by atoms with Gasteiger partial charge in [0.1, 0.15) is 24.7 Å². The lowest BCUT2D eigenvalue weighted by molar-refractivity contribution is -0.173. The Hall–Kier alpha value is -2.55. The Kier molecular flexibility index (Phi) is 6.62. The van der Waals surface area contributed by atoms with Gasteiger partial charge < -0.3 is 19.3 Å². The van der Waals surface area contributed by atoms with Crippen LogP contribution >= 0.6 is 0 Å². The smallest absolute Gasteiger partial charge is 0.411 e. The van der Waals surface area contributed by atoms with Gasteiger partial charge in [-0.2, -0.15) is 13.2 Å². The zero-order valence-corrected chi connectivity index (χ0v) is 14.4. The van der Waals surface area contributed by atoms with Gasteiger partial charge in [0.25, 0.3) is 5.91 Å². The number of hydrogen-bond donors (Lipinski definition) is 1. The van der Waals surface area contributed by atoms with Gasteiger partial charge >= 0.3 is 6.18 Å². The molecule has 1 amide bonds. The SMILES string of the molecule is Cc1noc(C)c1COc1cccc(C(=O)NCCOCC(F)(F)F)c1. The van der Waals surface area contributed by atoms with E-state index in [0.717, 1.165) is 11.3 Å². The zero-order chi connectivity index (χ0) is 19.2. The van der Waals surface area contributed by atoms with Gasteiger partial charge in [-0.25, -0.2) is 0 Å². The molecule has 0 atom stereocenters. The highest BCUT2D eigenvalue weighted by molar-refractivity contribution is 5.94. The summed E-state index contributed by atoms with van der Waals surface area (Å²) in [6, 6.07) is 6.47. The maximum absolute atomic E-state index is 12.0. The molecular formula is C17H19F3N2O4. The van der Waals surface area contributed by atoms with E-state index in [0.29, 0.717) is 17.1 Å². The molecule has 0 aliphatic carbocycles. The molecule has 1 aromatic heterocycles. The Morgan fingerprint density at radius 2 is 2.08 bits per heavy atom. The van der Waals surface area contributed by atoms with E-state index in [2.05, 4.69) is 15.2 Å². The van der Waals surface area contributed by atoms with Gasteiger partial charge in [-0.05, 0) is 32.0 Å². The summed E-state index contributed by atoms with van der Waals surface area (Å²) in [5, 5.41) is 6.33. The van der Waals surface area contributed by atoms with Crippen molar-refractivity contribution in [1.82, 2.24) is 10.5 Å². The van der Waals surface area contributed by atoms with Crippen LogP contribution in [0.15, 0.2) is 28.8 Å². The maximum Gasteiger partial charge on any atom is 0.411 e. The van der Waals surface area contributed by atoms with Crippen LogP contribution in [-0.2, 0) is 11.3 Å². The van der Waals surface area contributed by atoms with Crippen molar-refractivity contribution in [2.24, 2.45) is 0 Å². The van der Waals surface area contributed by atoms with Gasteiger partial charge in [0, 0.05) is 12.1 Å². The number of halogens is 3. The molecule has 0 fully saturated rings. The number of nitrogens with one attached hydrogen (secondary N) is 1. The van der Waals surface area contributed by atoms with Gasteiger partial charge in [-0.1, -0.05) is 11.2 Å². The molecule has 0 aliphatic heterocycles. The Bertz CT molecular complexity index is 724. The fourth-order valence-corrected chi connectivity index (χ4v) is 2.12. The molecule has 1 N–H and O–H groups in total. The largest absolute Gasteiger partial charge is 0.489 e. The first-order valence-corrected chi connectivity index (χ1v) is 7.83. The van der Waals surface area contributed by atoms with Crippen LogP contribution in [0.25, 0.3) is 0 Å². The van der Waals surface area contributed by atoms with Gasteiger partial charge in [0.15, 0.2) is 0 Å². The minimum absolute atomic E-state index is 0.0287. The predicted octanol–water partition coefficient (Wildman–Crippen LogP) is 3.18. The topological polar surface area (TPSA) is 73.6 Å². The molecule has 1 heterocycles. The summed E-state index contributed by atoms with van der Waals surface area (Å²) < 4.78 is 51.0. The molecular weight excluding hydrogens is 353 g/mol. The second-order valence-electron chi connectivity index (χ2n) is 5.54. The molecule has 0 bridgehead atoms. The van der Waals surface area contributed by atoms with Gasteiger partial charge in [0.2, 0.25) is 0 Å². The Morgan fingerprint density at radius 3 is 2.73 bits per heavy atom. The molecule has 26 heavy (non-hydrogen) atoms. The van der Waals surface area contributed by atoms with Crippen LogP contribution in [0.2, 0.25) is 0 Å². The number of ether oxygens (including phenoxy) is 2. The molecule has 2 rings (SSSR count). The molecule has 142 valence electrons. The van der Waals surface area contributed by atoms with Crippen LogP contribution in [0.5, 0.6) is 5.75 Å². The second-order valence-corrected chi connectivity index (χ2v) is 5.54. The number of aryl methyl sites for hydroxylation is 2. The second kappa shape index (κ2) is 8.70. The number of rotatable bonds is 8. The van der Waals surface area contributed by atoms with Crippen LogP contribution in [0.4, 0.5) is 13.2 Å². The van der Waals surface area contributed by atoms with Crippen LogP contribution < -0.4 is 10.1 Å². The zero-order valence-electron chi connectivity index (χ0n) is 14.4. The van der Waals surface area contributed by atoms with E-state index in [-0.39, 0.29) is 19.8 Å². The third kappa shape index (κ3) is 6.07. The number of nitrogens with zero attached hydrogens (tertiary/aromatic N) is 1. The van der Waals surface area contributed by atoms with Crippen LogP contribution in [0.3, 0.4) is 0 Å². The normalized spacial score (nSPS) is 11.4. The summed E-state index contributed by atoms with van der Waals surface area (Å²) in [5.41, 5.74) is 1.90. The highest BCUT2D eigenvalue weighted by atomic mass is 19.4. The fourth-order valence-electron chi connectivity index (χ4n) is 2.12. The molecule has 2 aromatic rings. The van der Waals surface area contributed by atoms with Crippen molar-refractivity contribution >= 4 is 5.91 Å². The molecule has 0 unspecified atom stereocenters. The third-order valence-corrected chi connectivity index (χ3v) is 3.46. The van der Waals surface area contributed by atoms with E-state index in [9.17, 15) is 18.0 Å². The molecule has 6 nitrogen and oxygen atoms in total. The van der Waals surface area contributed by atoms with Crippen molar-refractivity contribution in [2.45, 2.75) is 26.6 Å². The average molecular weight is 372 g/mol. The van der Waals surface area contributed by atoms with Crippen molar-refractivity contribution in [3.05, 3.63) is 46.8 Å². The summed E-state index contributed by atoms with van der Waals surface area (Å²) in [6.07, 6.45) is -4.38. The predicted molar refractivity (Wildman–Crippen MR) is 86.0 cm³/mol. The quantitative estimate of drug-likeness (QED) is 0.721. The van der Waals surface area contributed by atoms with Gasteiger partial charge in [0.05, 0.1) is 17.9 Å². The van der Waals surface area contributed by atoms with Crippen molar-refractivity contribution in [2.75, 3.05) is 19.8 Å². The number of carbonyl (C=O) groups is 1. The van der Waals surface area contributed by atoms with Gasteiger partial charge in [-0.15, -0.1) is 0 Å². The molecule has 0 saturated carbocycles. The molecule has 9 heteroatoms. The Labute approximate surface area is 148 Å². The van der Waals surface area contributed by atoms with Crippen LogP contribution in [0.1, 0.15) is 27.4 Å². The lowest BCUT2D eigenvalue weighted by Crippen LogP contribution is -2.28. The van der Waals surface area contributed by atoms with Crippen molar-refractivity contribution in [1.29, 1.82) is 0 Å². The maximum atomic E-state index is 12.0. The van der Waals surface area contributed by atoms with Gasteiger partial charge in [-0.3, -0.25) is 4.79 Å². The van der Waals surface area contributed by atoms with E-state index >= 15 is 0 Å². The minimum Gasteiger partial charge on any atom is -0.489 e. The van der Waals surface area contributed by atoms with E-state index in [1.165, 1.54) is 0 Å². The van der Waals surface area contributed by atoms with Crippen molar-refractivity contribution in [3.8, 4) is 5.75 Å². The summed E-state index contributed by atoms with van der Waals surface area (Å²) in [4.78, 5) is 12.0. The number of aromatic nitrogens is 1. The highest BCUT2D eigenvalue weighted by Gasteiger charge is 2.27. The van der Waals surface area contributed by atoms with E-state index in [1.54, 1.807) is 38.1 Å². The molecule has 0 spiro atoms. The standard InChI is InChI=1S/C17H19F3N2O4/c1-11-15(12(2)26-22-11)9-25-14-5-3-4-13(8-14)16(23)21-6-7-24-10-17(18,19)20/h3-5,8H,6-7,9-10H2,1-2H3,(H,21,23). The summed E-state index contributed by atoms with van der Waals surface area (Å²) in [5.74, 6) is 0.713. The minimum atomic E-state index is -4.38. The van der Waals surface area contributed by atoms with E-state index in [4.69, 9.17) is 9.26 Å². The first kappa shape index (κ1) is 19.8. The Morgan fingerprint density at radius 1 is 1.31 bits per heavy atom. The summed E-state index contributed by atoms with van der Waals surface area (Å²) >= 11 is 0. The monoisotopic (exact) mass is 372 g/mol. The van der Waals surface area contributed by atoms with Crippen LogP contribution in [-0.4, -0.2) is 37.0 Å². The van der Waals surface area contributed by atoms with Crippen LogP contribution in [0, 0.1) is 13.8 Å². The lowest BCUT2D eigenvalue weighted by Gasteiger charge is -2.10. The number of amides is 1. The Balaban J connectivity index is 1.83. The first-order valence-electron chi connectivity index (χ1n) is 7.83. The summed E-state index contributed by atoms with van der Waals surface area (Å²) in [6.45, 7) is 2.24. The van der Waals surface area contributed by atoms with Crippen molar-refractivity contribution < 1.29 is 32.0 Å². The lowest BCUT2D eigenvalue weighted by atomic mass is 10.2. The number of hydrogen-bond acceptors (Lipinski definition) is 5. The molecule has 0 saturated heterocycles. The molecule has 0 radical (unpaired) electrons. The fraction of sp³-hybridized carbons (Fsp3) is 0.412. The third-order valence-electron chi connectivity index (χ3n) is 3.46. The van der Waals surface area contributed by atoms with E-state index < -0.39 is 18.7 Å². The molecule has 1 aromatic carbocycles. The number of benzene rings is 1. The van der Waals surface area contributed by atoms with Crippen molar-refractivity contribution in [3.63, 3.8) is 0 Å². The molecule has 0 aliphatic rings. The summed E-state index contributed by atoms with van der Waals surface area (Å²) in [7, 11) is 0.